The van der Waals surface area contributed by atoms with E-state index >= 15 is 0 Å². The zero-order valence-electron chi connectivity index (χ0n) is 18.4. The highest BCUT2D eigenvalue weighted by molar-refractivity contribution is 6.22. The maximum Gasteiger partial charge on any atom is 0.261 e. The van der Waals surface area contributed by atoms with Crippen molar-refractivity contribution in [2.24, 2.45) is 0 Å². The molecule has 0 unspecified atom stereocenters. The maximum atomic E-state index is 13.4. The second-order valence-electron chi connectivity index (χ2n) is 8.45. The largest absolute Gasteiger partial charge is 0.497 e. The minimum atomic E-state index is -0.360. The van der Waals surface area contributed by atoms with Crippen molar-refractivity contribution in [2.45, 2.75) is 32.0 Å². The normalized spacial score (nSPS) is 14.9. The van der Waals surface area contributed by atoms with E-state index in [9.17, 15) is 14.4 Å². The number of imide groups is 1. The van der Waals surface area contributed by atoms with Gasteiger partial charge < -0.3 is 9.64 Å². The molecule has 1 heterocycles. The van der Waals surface area contributed by atoms with Gasteiger partial charge in [0.2, 0.25) is 0 Å². The van der Waals surface area contributed by atoms with Gasteiger partial charge in [-0.2, -0.15) is 0 Å². The van der Waals surface area contributed by atoms with E-state index in [4.69, 9.17) is 4.74 Å². The van der Waals surface area contributed by atoms with Crippen LogP contribution >= 0.6 is 0 Å². The van der Waals surface area contributed by atoms with Gasteiger partial charge in [0.05, 0.1) is 24.8 Å². The molecule has 6 heteroatoms. The molecule has 0 atom stereocenters. The van der Waals surface area contributed by atoms with Gasteiger partial charge in [-0.25, -0.2) is 0 Å². The number of carbonyl (C=O) groups excluding carboxylic acids is 3. The minimum absolute atomic E-state index is 0.127. The van der Waals surface area contributed by atoms with E-state index in [0.29, 0.717) is 23.2 Å². The van der Waals surface area contributed by atoms with Crippen molar-refractivity contribution in [2.75, 3.05) is 7.11 Å². The Morgan fingerprint density at radius 3 is 2.27 bits per heavy atom. The van der Waals surface area contributed by atoms with Crippen LogP contribution in [0, 0.1) is 0 Å². The van der Waals surface area contributed by atoms with Crippen LogP contribution in [0.3, 0.4) is 0 Å². The minimum Gasteiger partial charge on any atom is -0.497 e. The van der Waals surface area contributed by atoms with Gasteiger partial charge >= 0.3 is 0 Å². The first-order valence-electron chi connectivity index (χ1n) is 11.0. The molecule has 1 saturated carbocycles. The zero-order chi connectivity index (χ0) is 22.9. The third-order valence-electron chi connectivity index (χ3n) is 6.16. The summed E-state index contributed by atoms with van der Waals surface area (Å²) in [6, 6.07) is 22.1. The fourth-order valence-electron chi connectivity index (χ4n) is 4.18. The van der Waals surface area contributed by atoms with Gasteiger partial charge in [-0.15, -0.1) is 0 Å². The smallest absolute Gasteiger partial charge is 0.261 e. The van der Waals surface area contributed by atoms with Crippen LogP contribution in [0.15, 0.2) is 72.8 Å². The molecule has 5 rings (SSSR count). The average molecular weight is 440 g/mol. The summed E-state index contributed by atoms with van der Waals surface area (Å²) < 4.78 is 5.21. The lowest BCUT2D eigenvalue weighted by atomic mass is 10.0. The van der Waals surface area contributed by atoms with Crippen LogP contribution in [0.4, 0.5) is 0 Å². The van der Waals surface area contributed by atoms with Crippen molar-refractivity contribution in [3.63, 3.8) is 0 Å². The van der Waals surface area contributed by atoms with Crippen LogP contribution in [-0.4, -0.2) is 40.7 Å². The molecule has 166 valence electrons. The Morgan fingerprint density at radius 1 is 0.909 bits per heavy atom. The predicted octanol–water partition coefficient (Wildman–Crippen LogP) is 4.30. The average Bonchev–Trinajstić information content (AvgIpc) is 3.67. The molecule has 0 N–H and O–H groups in total. The van der Waals surface area contributed by atoms with Crippen molar-refractivity contribution in [3.05, 3.63) is 101 Å². The standard InChI is InChI=1S/C27H24N2O4/c1-33-22-12-7-19(8-13-22)16-28(21-10-11-21)25(30)20-9-14-23-24(15-20)27(32)29(26(23)31)17-18-5-3-2-4-6-18/h2-9,12-15,21H,10-11,16-17H2,1H3. The topological polar surface area (TPSA) is 66.9 Å². The Morgan fingerprint density at radius 2 is 1.61 bits per heavy atom. The van der Waals surface area contributed by atoms with Crippen LogP contribution in [-0.2, 0) is 13.1 Å². The summed E-state index contributed by atoms with van der Waals surface area (Å²) in [5.74, 6) is -0.0421. The van der Waals surface area contributed by atoms with Crippen molar-refractivity contribution in [1.29, 1.82) is 0 Å². The third-order valence-corrected chi connectivity index (χ3v) is 6.16. The molecule has 0 spiro atoms. The van der Waals surface area contributed by atoms with Crippen molar-refractivity contribution in [3.8, 4) is 5.75 Å². The van der Waals surface area contributed by atoms with Crippen LogP contribution in [0.25, 0.3) is 0 Å². The van der Waals surface area contributed by atoms with Crippen LogP contribution in [0.2, 0.25) is 0 Å². The predicted molar refractivity (Wildman–Crippen MR) is 123 cm³/mol. The number of hydrogen-bond acceptors (Lipinski definition) is 4. The molecule has 3 amide bonds. The lowest BCUT2D eigenvalue weighted by molar-refractivity contribution is 0.0641. The summed E-state index contributed by atoms with van der Waals surface area (Å²) >= 11 is 0. The Hall–Kier alpha value is -3.93. The number of carbonyl (C=O) groups is 3. The Bertz CT molecular complexity index is 1220. The van der Waals surface area contributed by atoms with Crippen molar-refractivity contribution < 1.29 is 19.1 Å². The lowest BCUT2D eigenvalue weighted by Crippen LogP contribution is -2.32. The Labute approximate surface area is 192 Å². The molecule has 0 radical (unpaired) electrons. The molecule has 3 aromatic carbocycles. The number of methoxy groups -OCH3 is 1. The van der Waals surface area contributed by atoms with E-state index in [1.165, 1.54) is 4.90 Å². The second kappa shape index (κ2) is 8.54. The Kier molecular flexibility index (Phi) is 5.42. The fourth-order valence-corrected chi connectivity index (χ4v) is 4.18. The molecule has 0 bridgehead atoms. The lowest BCUT2D eigenvalue weighted by Gasteiger charge is -2.23. The third kappa shape index (κ3) is 4.12. The highest BCUT2D eigenvalue weighted by Gasteiger charge is 2.38. The molecule has 1 fully saturated rings. The summed E-state index contributed by atoms with van der Waals surface area (Å²) in [6.45, 7) is 0.694. The number of fused-ring (bicyclic) bond motifs is 1. The SMILES string of the molecule is COc1ccc(CN(C(=O)c2ccc3c(c2)C(=O)N(Cc2ccccc2)C3=O)C2CC2)cc1. The molecule has 33 heavy (non-hydrogen) atoms. The van der Waals surface area contributed by atoms with Gasteiger partial charge in [-0.05, 0) is 54.3 Å². The van der Waals surface area contributed by atoms with Gasteiger partial charge in [-0.3, -0.25) is 19.3 Å². The molecule has 1 aliphatic heterocycles. The van der Waals surface area contributed by atoms with Gasteiger partial charge in [0.1, 0.15) is 5.75 Å². The summed E-state index contributed by atoms with van der Waals surface area (Å²) in [7, 11) is 1.62. The highest BCUT2D eigenvalue weighted by atomic mass is 16.5. The maximum absolute atomic E-state index is 13.4. The number of ether oxygens (including phenoxy) is 1. The van der Waals surface area contributed by atoms with E-state index < -0.39 is 0 Å². The van der Waals surface area contributed by atoms with Gasteiger partial charge in [0.25, 0.3) is 17.7 Å². The van der Waals surface area contributed by atoms with Crippen molar-refractivity contribution >= 4 is 17.7 Å². The first kappa shape index (κ1) is 20.9. The quantitative estimate of drug-likeness (QED) is 0.514. The van der Waals surface area contributed by atoms with E-state index in [-0.39, 0.29) is 30.3 Å². The van der Waals surface area contributed by atoms with Gasteiger partial charge in [0, 0.05) is 18.2 Å². The fraction of sp³-hybridized carbons (Fsp3) is 0.222. The summed E-state index contributed by atoms with van der Waals surface area (Å²) in [6.07, 6.45) is 1.93. The Balaban J connectivity index is 1.37. The monoisotopic (exact) mass is 440 g/mol. The molecule has 3 aromatic rings. The number of hydrogen-bond donors (Lipinski definition) is 0. The first-order chi connectivity index (χ1) is 16.0. The van der Waals surface area contributed by atoms with Crippen LogP contribution in [0.5, 0.6) is 5.75 Å². The van der Waals surface area contributed by atoms with Crippen LogP contribution < -0.4 is 4.74 Å². The number of amides is 3. The molecule has 0 saturated heterocycles. The molecule has 6 nitrogen and oxygen atoms in total. The molecular formula is C27H24N2O4. The van der Waals surface area contributed by atoms with E-state index in [1.807, 2.05) is 59.5 Å². The molecular weight excluding hydrogens is 416 g/mol. The van der Waals surface area contributed by atoms with E-state index in [0.717, 1.165) is 29.7 Å². The summed E-state index contributed by atoms with van der Waals surface area (Å²) in [4.78, 5) is 42.4. The number of benzene rings is 3. The second-order valence-corrected chi connectivity index (χ2v) is 8.45. The zero-order valence-corrected chi connectivity index (χ0v) is 18.4. The number of rotatable bonds is 7. The van der Waals surface area contributed by atoms with Gasteiger partial charge in [-0.1, -0.05) is 42.5 Å². The summed E-state index contributed by atoms with van der Waals surface area (Å²) in [5, 5.41) is 0. The first-order valence-corrected chi connectivity index (χ1v) is 11.0. The molecule has 1 aliphatic carbocycles. The highest BCUT2D eigenvalue weighted by Crippen LogP contribution is 2.32. The van der Waals surface area contributed by atoms with E-state index in [1.54, 1.807) is 25.3 Å². The van der Waals surface area contributed by atoms with E-state index in [2.05, 4.69) is 0 Å². The number of nitrogens with zero attached hydrogens (tertiary/aromatic N) is 2. The van der Waals surface area contributed by atoms with Crippen molar-refractivity contribution in [1.82, 2.24) is 9.80 Å². The summed E-state index contributed by atoms with van der Waals surface area (Å²) in [5.41, 5.74) is 2.96. The van der Waals surface area contributed by atoms with Gasteiger partial charge in [0.15, 0.2) is 0 Å². The molecule has 0 aromatic heterocycles. The van der Waals surface area contributed by atoms with Crippen LogP contribution in [0.1, 0.15) is 55.0 Å². The molecule has 2 aliphatic rings.